The first-order valence-corrected chi connectivity index (χ1v) is 8.36. The van der Waals surface area contributed by atoms with Crippen molar-refractivity contribution in [3.63, 3.8) is 0 Å². The first kappa shape index (κ1) is 18.3. The molecule has 2 N–H and O–H groups in total. The second kappa shape index (κ2) is 8.71. The van der Waals surface area contributed by atoms with Crippen LogP contribution in [0.4, 0.5) is 5.69 Å². The highest BCUT2D eigenvalue weighted by molar-refractivity contribution is 6.31. The van der Waals surface area contributed by atoms with Crippen molar-refractivity contribution in [1.29, 1.82) is 0 Å². The molecule has 0 heterocycles. The summed E-state index contributed by atoms with van der Waals surface area (Å²) in [4.78, 5) is 14.0. The van der Waals surface area contributed by atoms with Crippen LogP contribution < -0.4 is 15.5 Å². The molecule has 0 saturated heterocycles. The lowest BCUT2D eigenvalue weighted by Crippen LogP contribution is -2.34. The Morgan fingerprint density at radius 1 is 1.12 bits per heavy atom. The van der Waals surface area contributed by atoms with Gasteiger partial charge < -0.3 is 15.5 Å². The van der Waals surface area contributed by atoms with Gasteiger partial charge in [-0.3, -0.25) is 4.79 Å². The average Bonchev–Trinajstić information content (AvgIpc) is 2.58. The molecular weight excluding hydrogens is 322 g/mol. The number of nitrogens with zero attached hydrogens (tertiary/aromatic N) is 1. The predicted octanol–water partition coefficient (Wildman–Crippen LogP) is 3.37. The van der Waals surface area contributed by atoms with Crippen LogP contribution in [0.15, 0.2) is 48.5 Å². The van der Waals surface area contributed by atoms with Crippen molar-refractivity contribution in [1.82, 2.24) is 10.6 Å². The molecule has 0 unspecified atom stereocenters. The Morgan fingerprint density at radius 3 is 2.42 bits per heavy atom. The van der Waals surface area contributed by atoms with Crippen LogP contribution in [-0.2, 0) is 11.3 Å². The summed E-state index contributed by atoms with van der Waals surface area (Å²) in [5, 5.41) is 6.83. The molecule has 0 saturated carbocycles. The fourth-order valence-electron chi connectivity index (χ4n) is 2.36. The van der Waals surface area contributed by atoms with Gasteiger partial charge in [-0.2, -0.15) is 0 Å². The van der Waals surface area contributed by atoms with Gasteiger partial charge in [-0.15, -0.1) is 0 Å². The summed E-state index contributed by atoms with van der Waals surface area (Å²) in [6, 6.07) is 15.8. The van der Waals surface area contributed by atoms with E-state index in [-0.39, 0.29) is 18.5 Å². The molecule has 0 aliphatic heterocycles. The van der Waals surface area contributed by atoms with E-state index in [0.717, 1.165) is 16.8 Å². The number of amides is 1. The van der Waals surface area contributed by atoms with Gasteiger partial charge in [-0.25, -0.2) is 0 Å². The fourth-order valence-corrected chi connectivity index (χ4v) is 2.66. The maximum absolute atomic E-state index is 12.0. The lowest BCUT2D eigenvalue weighted by atomic mass is 10.1. The largest absolute Gasteiger partial charge is 0.378 e. The molecule has 2 aromatic carbocycles. The minimum Gasteiger partial charge on any atom is -0.378 e. The smallest absolute Gasteiger partial charge is 0.234 e. The van der Waals surface area contributed by atoms with Gasteiger partial charge >= 0.3 is 0 Å². The zero-order chi connectivity index (χ0) is 17.5. The SMILES string of the molecule is C[C@H](NCC(=O)NCc1ccc(N(C)C)cc1)c1ccccc1Cl. The Hall–Kier alpha value is -2.04. The van der Waals surface area contributed by atoms with Crippen molar-refractivity contribution in [2.24, 2.45) is 0 Å². The van der Waals surface area contributed by atoms with E-state index in [9.17, 15) is 4.79 Å². The maximum atomic E-state index is 12.0. The van der Waals surface area contributed by atoms with Crippen LogP contribution in [0.2, 0.25) is 5.02 Å². The number of hydrogen-bond acceptors (Lipinski definition) is 3. The number of nitrogens with one attached hydrogen (secondary N) is 2. The van der Waals surface area contributed by atoms with E-state index in [1.165, 1.54) is 0 Å². The van der Waals surface area contributed by atoms with Gasteiger partial charge in [-0.05, 0) is 36.2 Å². The monoisotopic (exact) mass is 345 g/mol. The number of rotatable bonds is 7. The molecule has 0 bridgehead atoms. The topological polar surface area (TPSA) is 44.4 Å². The van der Waals surface area contributed by atoms with Crippen LogP contribution >= 0.6 is 11.6 Å². The number of carbonyl (C=O) groups excluding carboxylic acids is 1. The fraction of sp³-hybridized carbons (Fsp3) is 0.316. The Bertz CT molecular complexity index is 671. The second-order valence-electron chi connectivity index (χ2n) is 5.96. The van der Waals surface area contributed by atoms with E-state index in [2.05, 4.69) is 10.6 Å². The number of benzene rings is 2. The first-order chi connectivity index (χ1) is 11.5. The number of hydrogen-bond donors (Lipinski definition) is 2. The Morgan fingerprint density at radius 2 is 1.79 bits per heavy atom. The van der Waals surface area contributed by atoms with Crippen LogP contribution in [-0.4, -0.2) is 26.5 Å². The molecule has 0 spiro atoms. The average molecular weight is 346 g/mol. The van der Waals surface area contributed by atoms with Crippen LogP contribution in [0, 0.1) is 0 Å². The Balaban J connectivity index is 1.78. The van der Waals surface area contributed by atoms with Crippen molar-refractivity contribution >= 4 is 23.2 Å². The van der Waals surface area contributed by atoms with Gasteiger partial charge in [0.2, 0.25) is 5.91 Å². The molecule has 1 amide bonds. The quantitative estimate of drug-likeness (QED) is 0.808. The van der Waals surface area contributed by atoms with E-state index in [0.29, 0.717) is 11.6 Å². The number of halogens is 1. The molecule has 1 atom stereocenters. The molecular formula is C19H24ClN3O. The third-order valence-corrected chi connectivity index (χ3v) is 4.23. The molecule has 0 fully saturated rings. The van der Waals surface area contributed by atoms with Crippen LogP contribution in [0.5, 0.6) is 0 Å². The molecule has 0 radical (unpaired) electrons. The summed E-state index contributed by atoms with van der Waals surface area (Å²) in [7, 11) is 4.01. The van der Waals surface area contributed by atoms with Crippen LogP contribution in [0.1, 0.15) is 24.1 Å². The number of anilines is 1. The normalized spacial score (nSPS) is 11.8. The lowest BCUT2D eigenvalue weighted by molar-refractivity contribution is -0.120. The predicted molar refractivity (Wildman–Crippen MR) is 100 cm³/mol. The molecule has 128 valence electrons. The van der Waals surface area contributed by atoms with Gasteiger partial charge in [0.1, 0.15) is 0 Å². The highest BCUT2D eigenvalue weighted by atomic mass is 35.5. The molecule has 2 rings (SSSR count). The van der Waals surface area contributed by atoms with Crippen molar-refractivity contribution < 1.29 is 4.79 Å². The van der Waals surface area contributed by atoms with Gasteiger partial charge in [0.05, 0.1) is 6.54 Å². The van der Waals surface area contributed by atoms with Gasteiger partial charge in [0, 0.05) is 37.4 Å². The third-order valence-electron chi connectivity index (χ3n) is 3.88. The summed E-state index contributed by atoms with van der Waals surface area (Å²) in [6.45, 7) is 2.77. The molecule has 24 heavy (non-hydrogen) atoms. The van der Waals surface area contributed by atoms with Crippen molar-refractivity contribution in [2.75, 3.05) is 25.5 Å². The highest BCUT2D eigenvalue weighted by Crippen LogP contribution is 2.21. The summed E-state index contributed by atoms with van der Waals surface area (Å²) in [6.07, 6.45) is 0. The van der Waals surface area contributed by atoms with Crippen molar-refractivity contribution in [3.05, 3.63) is 64.7 Å². The number of carbonyl (C=O) groups is 1. The lowest BCUT2D eigenvalue weighted by Gasteiger charge is -2.16. The standard InChI is InChI=1S/C19H24ClN3O/c1-14(17-6-4-5-7-18(17)20)21-13-19(24)22-12-15-8-10-16(11-9-15)23(2)3/h4-11,14,21H,12-13H2,1-3H3,(H,22,24)/t14-/m0/s1. The molecule has 4 nitrogen and oxygen atoms in total. The second-order valence-corrected chi connectivity index (χ2v) is 6.37. The minimum atomic E-state index is -0.0365. The minimum absolute atomic E-state index is 0.0174. The maximum Gasteiger partial charge on any atom is 0.234 e. The van der Waals surface area contributed by atoms with E-state index < -0.39 is 0 Å². The van der Waals surface area contributed by atoms with E-state index in [1.807, 2.05) is 74.4 Å². The molecule has 5 heteroatoms. The summed E-state index contributed by atoms with van der Waals surface area (Å²) in [5.41, 5.74) is 3.21. The van der Waals surface area contributed by atoms with Crippen LogP contribution in [0.3, 0.4) is 0 Å². The van der Waals surface area contributed by atoms with Gasteiger partial charge in [0.25, 0.3) is 0 Å². The van der Waals surface area contributed by atoms with Gasteiger partial charge in [-0.1, -0.05) is 41.9 Å². The van der Waals surface area contributed by atoms with E-state index in [4.69, 9.17) is 11.6 Å². The van der Waals surface area contributed by atoms with Crippen molar-refractivity contribution in [2.45, 2.75) is 19.5 Å². The Labute approximate surface area is 148 Å². The van der Waals surface area contributed by atoms with Crippen LogP contribution in [0.25, 0.3) is 0 Å². The summed E-state index contributed by atoms with van der Waals surface area (Å²) in [5.74, 6) is -0.0365. The highest BCUT2D eigenvalue weighted by Gasteiger charge is 2.10. The molecule has 0 aromatic heterocycles. The molecule has 0 aliphatic rings. The molecule has 2 aromatic rings. The zero-order valence-corrected chi connectivity index (χ0v) is 15.1. The molecule has 0 aliphatic carbocycles. The van der Waals surface area contributed by atoms with E-state index >= 15 is 0 Å². The zero-order valence-electron chi connectivity index (χ0n) is 14.3. The van der Waals surface area contributed by atoms with Crippen molar-refractivity contribution in [3.8, 4) is 0 Å². The summed E-state index contributed by atoms with van der Waals surface area (Å²) < 4.78 is 0. The van der Waals surface area contributed by atoms with E-state index in [1.54, 1.807) is 0 Å². The first-order valence-electron chi connectivity index (χ1n) is 7.98. The third kappa shape index (κ3) is 5.25. The summed E-state index contributed by atoms with van der Waals surface area (Å²) >= 11 is 6.17. The Kier molecular flexibility index (Phi) is 6.64. The van der Waals surface area contributed by atoms with Gasteiger partial charge in [0.15, 0.2) is 0 Å².